The minimum atomic E-state index is -0.778. The van der Waals surface area contributed by atoms with E-state index in [1.54, 1.807) is 4.90 Å². The third kappa shape index (κ3) is 3.45. The maximum Gasteiger partial charge on any atom is 0.303 e. The molecule has 2 rings (SSSR count). The van der Waals surface area contributed by atoms with E-state index in [1.807, 2.05) is 0 Å². The molecule has 0 aromatic carbocycles. The lowest BCUT2D eigenvalue weighted by atomic mass is 9.90. The molecule has 6 nitrogen and oxygen atoms in total. The van der Waals surface area contributed by atoms with Crippen molar-refractivity contribution in [1.82, 2.24) is 4.90 Å². The number of rotatable bonds is 4. The van der Waals surface area contributed by atoms with Crippen molar-refractivity contribution in [2.24, 2.45) is 11.7 Å². The summed E-state index contributed by atoms with van der Waals surface area (Å²) in [5.41, 5.74) is 5.41. The lowest BCUT2D eigenvalue weighted by Gasteiger charge is -2.35. The van der Waals surface area contributed by atoms with Gasteiger partial charge in [0.1, 0.15) is 0 Å². The molecular formula is C13H22N2O4. The molecule has 2 fully saturated rings. The van der Waals surface area contributed by atoms with Gasteiger partial charge in [0.15, 0.2) is 0 Å². The van der Waals surface area contributed by atoms with Crippen LogP contribution >= 0.6 is 0 Å². The maximum absolute atomic E-state index is 12.4. The van der Waals surface area contributed by atoms with Crippen LogP contribution in [0.3, 0.4) is 0 Å². The van der Waals surface area contributed by atoms with Gasteiger partial charge in [0.2, 0.25) is 5.91 Å². The summed E-state index contributed by atoms with van der Waals surface area (Å²) in [6.45, 7) is 2.42. The van der Waals surface area contributed by atoms with Gasteiger partial charge < -0.3 is 20.5 Å². The van der Waals surface area contributed by atoms with Crippen LogP contribution in [-0.2, 0) is 14.3 Å². The topological polar surface area (TPSA) is 92.9 Å². The number of nitrogens with zero attached hydrogens (tertiary/aromatic N) is 1. The summed E-state index contributed by atoms with van der Waals surface area (Å²) in [6, 6.07) is 0. The van der Waals surface area contributed by atoms with E-state index in [-0.39, 0.29) is 12.3 Å². The van der Waals surface area contributed by atoms with Crippen LogP contribution in [0.1, 0.15) is 32.1 Å². The molecule has 3 N–H and O–H groups in total. The van der Waals surface area contributed by atoms with Gasteiger partial charge in [0, 0.05) is 32.7 Å². The zero-order valence-corrected chi connectivity index (χ0v) is 11.1. The Labute approximate surface area is 112 Å². The molecule has 6 heteroatoms. The average Bonchev–Trinajstić information content (AvgIpc) is 2.85. The molecule has 0 aromatic heterocycles. The molecule has 2 aliphatic heterocycles. The SMILES string of the molecule is NC1(C(=O)N2CCC(CCC(=O)O)C2)CCOCC1. The summed E-state index contributed by atoms with van der Waals surface area (Å²) >= 11 is 0. The Kier molecular flexibility index (Phi) is 4.42. The highest BCUT2D eigenvalue weighted by atomic mass is 16.5. The smallest absolute Gasteiger partial charge is 0.303 e. The normalized spacial score (nSPS) is 26.4. The second-order valence-electron chi connectivity index (χ2n) is 5.61. The van der Waals surface area contributed by atoms with Crippen molar-refractivity contribution in [3.05, 3.63) is 0 Å². The third-order valence-corrected chi connectivity index (χ3v) is 4.15. The van der Waals surface area contributed by atoms with Gasteiger partial charge in [-0.1, -0.05) is 0 Å². The summed E-state index contributed by atoms with van der Waals surface area (Å²) in [6.07, 6.45) is 2.84. The van der Waals surface area contributed by atoms with Gasteiger partial charge in [0.25, 0.3) is 0 Å². The van der Waals surface area contributed by atoms with E-state index in [2.05, 4.69) is 0 Å². The van der Waals surface area contributed by atoms with Crippen molar-refractivity contribution >= 4 is 11.9 Å². The predicted molar refractivity (Wildman–Crippen MR) is 68.5 cm³/mol. The minimum absolute atomic E-state index is 0.00799. The molecule has 19 heavy (non-hydrogen) atoms. The van der Waals surface area contributed by atoms with E-state index in [4.69, 9.17) is 15.6 Å². The number of ether oxygens (including phenoxy) is 1. The van der Waals surface area contributed by atoms with Crippen LogP contribution in [0.4, 0.5) is 0 Å². The number of likely N-dealkylation sites (tertiary alicyclic amines) is 1. The fraction of sp³-hybridized carbons (Fsp3) is 0.846. The fourth-order valence-electron chi connectivity index (χ4n) is 2.84. The monoisotopic (exact) mass is 270 g/mol. The molecule has 0 radical (unpaired) electrons. The van der Waals surface area contributed by atoms with Crippen LogP contribution in [0, 0.1) is 5.92 Å². The van der Waals surface area contributed by atoms with Gasteiger partial charge in [-0.15, -0.1) is 0 Å². The van der Waals surface area contributed by atoms with Crippen LogP contribution in [0.2, 0.25) is 0 Å². The number of nitrogens with two attached hydrogens (primary N) is 1. The third-order valence-electron chi connectivity index (χ3n) is 4.15. The first-order valence-corrected chi connectivity index (χ1v) is 6.89. The van der Waals surface area contributed by atoms with Crippen molar-refractivity contribution in [3.8, 4) is 0 Å². The summed E-state index contributed by atoms with van der Waals surface area (Å²) in [5, 5.41) is 8.68. The number of hydrogen-bond donors (Lipinski definition) is 2. The van der Waals surface area contributed by atoms with Crippen LogP contribution in [0.5, 0.6) is 0 Å². The Morgan fingerprint density at radius 3 is 2.68 bits per heavy atom. The minimum Gasteiger partial charge on any atom is -0.481 e. The number of amides is 1. The number of carboxylic acid groups (broad SMARTS) is 1. The molecule has 2 heterocycles. The highest BCUT2D eigenvalue weighted by Crippen LogP contribution is 2.26. The van der Waals surface area contributed by atoms with Crippen molar-refractivity contribution in [1.29, 1.82) is 0 Å². The molecule has 0 aromatic rings. The Bertz CT molecular complexity index is 353. The number of carbonyl (C=O) groups excluding carboxylic acids is 1. The van der Waals surface area contributed by atoms with Gasteiger partial charge >= 0.3 is 5.97 Å². The number of hydrogen-bond acceptors (Lipinski definition) is 4. The second-order valence-corrected chi connectivity index (χ2v) is 5.61. The summed E-state index contributed by atoms with van der Waals surface area (Å²) in [4.78, 5) is 24.8. The van der Waals surface area contributed by atoms with E-state index >= 15 is 0 Å². The van der Waals surface area contributed by atoms with E-state index in [9.17, 15) is 9.59 Å². The van der Waals surface area contributed by atoms with Crippen LogP contribution in [0.15, 0.2) is 0 Å². The Hall–Kier alpha value is -1.14. The molecule has 1 unspecified atom stereocenters. The predicted octanol–water partition coefficient (Wildman–Crippen LogP) is 0.208. The largest absolute Gasteiger partial charge is 0.481 e. The van der Waals surface area contributed by atoms with Crippen molar-refractivity contribution < 1.29 is 19.4 Å². The summed E-state index contributed by atoms with van der Waals surface area (Å²) < 4.78 is 5.25. The Balaban J connectivity index is 1.85. The molecule has 0 aliphatic carbocycles. The zero-order valence-electron chi connectivity index (χ0n) is 11.1. The van der Waals surface area contributed by atoms with Gasteiger partial charge in [-0.3, -0.25) is 9.59 Å². The molecule has 108 valence electrons. The number of aliphatic carboxylic acids is 1. The first-order valence-electron chi connectivity index (χ1n) is 6.89. The maximum atomic E-state index is 12.4. The first kappa shape index (κ1) is 14.3. The van der Waals surface area contributed by atoms with E-state index in [0.717, 1.165) is 6.42 Å². The lowest BCUT2D eigenvalue weighted by Crippen LogP contribution is -2.57. The molecule has 1 atom stereocenters. The standard InChI is InChI=1S/C13H22N2O4/c14-13(4-7-19-8-5-13)12(18)15-6-3-10(9-15)1-2-11(16)17/h10H,1-9,14H2,(H,16,17). The average molecular weight is 270 g/mol. The van der Waals surface area contributed by atoms with Crippen LogP contribution in [-0.4, -0.2) is 53.7 Å². The lowest BCUT2D eigenvalue weighted by molar-refractivity contribution is -0.139. The number of carbonyl (C=O) groups is 2. The highest BCUT2D eigenvalue weighted by Gasteiger charge is 2.40. The molecule has 0 spiro atoms. The highest BCUT2D eigenvalue weighted by molar-refractivity contribution is 5.86. The molecule has 0 saturated carbocycles. The van der Waals surface area contributed by atoms with Crippen molar-refractivity contribution in [2.45, 2.75) is 37.6 Å². The summed E-state index contributed by atoms with van der Waals surface area (Å²) in [7, 11) is 0. The molecule has 1 amide bonds. The van der Waals surface area contributed by atoms with Crippen molar-refractivity contribution in [2.75, 3.05) is 26.3 Å². The zero-order chi connectivity index (χ0) is 13.9. The molecular weight excluding hydrogens is 248 g/mol. The second kappa shape index (κ2) is 5.88. The number of carboxylic acids is 1. The molecule has 0 bridgehead atoms. The van der Waals surface area contributed by atoms with Gasteiger partial charge in [-0.2, -0.15) is 0 Å². The Morgan fingerprint density at radius 2 is 2.05 bits per heavy atom. The van der Waals surface area contributed by atoms with E-state index in [0.29, 0.717) is 51.5 Å². The van der Waals surface area contributed by atoms with Crippen molar-refractivity contribution in [3.63, 3.8) is 0 Å². The Morgan fingerprint density at radius 1 is 1.37 bits per heavy atom. The van der Waals surface area contributed by atoms with Crippen LogP contribution < -0.4 is 5.73 Å². The first-order chi connectivity index (χ1) is 9.01. The quantitative estimate of drug-likeness (QED) is 0.761. The van der Waals surface area contributed by atoms with E-state index in [1.165, 1.54) is 0 Å². The fourth-order valence-corrected chi connectivity index (χ4v) is 2.84. The molecule has 2 aliphatic rings. The van der Waals surface area contributed by atoms with E-state index < -0.39 is 11.5 Å². The van der Waals surface area contributed by atoms with Crippen LogP contribution in [0.25, 0.3) is 0 Å². The van der Waals surface area contributed by atoms with Gasteiger partial charge in [0.05, 0.1) is 5.54 Å². The molecule has 2 saturated heterocycles. The van der Waals surface area contributed by atoms with Gasteiger partial charge in [-0.25, -0.2) is 0 Å². The summed E-state index contributed by atoms with van der Waals surface area (Å²) in [5.74, 6) is -0.471. The van der Waals surface area contributed by atoms with Gasteiger partial charge in [-0.05, 0) is 31.6 Å².